The van der Waals surface area contributed by atoms with Crippen molar-refractivity contribution in [2.45, 2.75) is 12.5 Å². The Morgan fingerprint density at radius 2 is 2.20 bits per heavy atom. The molecule has 0 aliphatic carbocycles. The fourth-order valence-electron chi connectivity index (χ4n) is 0.811. The van der Waals surface area contributed by atoms with Crippen molar-refractivity contribution in [3.8, 4) is 12.1 Å². The molecule has 0 N–H and O–H groups in total. The molecule has 3 heteroatoms. The van der Waals surface area contributed by atoms with Gasteiger partial charge in [0, 0.05) is 6.42 Å². The zero-order chi connectivity index (χ0) is 7.40. The van der Waals surface area contributed by atoms with E-state index in [2.05, 4.69) is 0 Å². The van der Waals surface area contributed by atoms with E-state index in [0.717, 1.165) is 0 Å². The van der Waals surface area contributed by atoms with Gasteiger partial charge in [-0.15, -0.1) is 0 Å². The lowest BCUT2D eigenvalue weighted by atomic mass is 10.0. The summed E-state index contributed by atoms with van der Waals surface area (Å²) in [6.45, 7) is 0. The zero-order valence-electron chi connectivity index (χ0n) is 5.32. The summed E-state index contributed by atoms with van der Waals surface area (Å²) in [5, 5.41) is 16.8. The van der Waals surface area contributed by atoms with Crippen LogP contribution in [0.5, 0.6) is 0 Å². The van der Waals surface area contributed by atoms with E-state index in [1.54, 1.807) is 0 Å². The summed E-state index contributed by atoms with van der Waals surface area (Å²) in [7, 11) is 0. The maximum absolute atomic E-state index is 8.41. The lowest BCUT2D eigenvalue weighted by Crippen LogP contribution is -2.15. The van der Waals surface area contributed by atoms with Crippen LogP contribution in [0.1, 0.15) is 6.42 Å². The van der Waals surface area contributed by atoms with E-state index in [0.29, 0.717) is 6.42 Å². The average Bonchev–Trinajstić information content (AvgIpc) is 2.43. The maximum Gasteiger partial charge on any atom is 0.170 e. The van der Waals surface area contributed by atoms with Gasteiger partial charge in [0.15, 0.2) is 5.92 Å². The average molecular weight is 134 g/mol. The maximum atomic E-state index is 8.41. The third-order valence-electron chi connectivity index (χ3n) is 1.37. The highest BCUT2D eigenvalue weighted by Crippen LogP contribution is 2.16. The van der Waals surface area contributed by atoms with Crippen molar-refractivity contribution >= 4 is 0 Å². The van der Waals surface area contributed by atoms with Crippen LogP contribution in [0.4, 0.5) is 0 Å². The lowest BCUT2D eigenvalue weighted by Gasteiger charge is -2.08. The summed E-state index contributed by atoms with van der Waals surface area (Å²) < 4.78 is 4.97. The quantitative estimate of drug-likeness (QED) is 0.536. The molecule has 50 valence electrons. The molecule has 10 heavy (non-hydrogen) atoms. The van der Waals surface area contributed by atoms with E-state index in [1.807, 2.05) is 18.2 Å². The minimum Gasteiger partial charge on any atom is -0.496 e. The van der Waals surface area contributed by atoms with Gasteiger partial charge in [-0.3, -0.25) is 0 Å². The summed E-state index contributed by atoms with van der Waals surface area (Å²) in [6.07, 6.45) is 3.78. The van der Waals surface area contributed by atoms with E-state index in [1.165, 1.54) is 6.26 Å². The van der Waals surface area contributed by atoms with Crippen LogP contribution in [-0.2, 0) is 4.74 Å². The summed E-state index contributed by atoms with van der Waals surface area (Å²) in [5.74, 6) is -0.630. The fourth-order valence-corrected chi connectivity index (χ4v) is 0.811. The van der Waals surface area contributed by atoms with Gasteiger partial charge in [0.1, 0.15) is 6.10 Å². The summed E-state index contributed by atoms with van der Waals surface area (Å²) >= 11 is 0. The van der Waals surface area contributed by atoms with Crippen LogP contribution in [0.25, 0.3) is 0 Å². The first-order chi connectivity index (χ1) is 4.88. The molecule has 0 aromatic rings. The van der Waals surface area contributed by atoms with Crippen molar-refractivity contribution in [1.29, 1.82) is 10.5 Å². The molecule has 1 unspecified atom stereocenters. The minimum atomic E-state index is -0.630. The molecular formula is C7H6N2O. The topological polar surface area (TPSA) is 56.8 Å². The highest BCUT2D eigenvalue weighted by molar-refractivity contribution is 5.07. The number of hydrogen-bond donors (Lipinski definition) is 0. The molecule has 1 aliphatic rings. The van der Waals surface area contributed by atoms with Gasteiger partial charge in [-0.2, -0.15) is 10.5 Å². The second-order valence-corrected chi connectivity index (χ2v) is 2.02. The fraction of sp³-hybridized carbons (Fsp3) is 0.429. The molecule has 0 bridgehead atoms. The van der Waals surface area contributed by atoms with Crippen molar-refractivity contribution in [3.63, 3.8) is 0 Å². The van der Waals surface area contributed by atoms with Crippen molar-refractivity contribution in [1.82, 2.24) is 0 Å². The van der Waals surface area contributed by atoms with Crippen molar-refractivity contribution in [3.05, 3.63) is 12.3 Å². The molecule has 1 atom stereocenters. The predicted octanol–water partition coefficient (Wildman–Crippen LogP) is 0.952. The SMILES string of the molecule is N#CC(C#N)C1CC=CO1. The van der Waals surface area contributed by atoms with E-state index < -0.39 is 5.92 Å². The number of nitrogens with zero attached hydrogens (tertiary/aromatic N) is 2. The monoisotopic (exact) mass is 134 g/mol. The molecular weight excluding hydrogens is 128 g/mol. The summed E-state index contributed by atoms with van der Waals surface area (Å²) in [6, 6.07) is 3.74. The van der Waals surface area contributed by atoms with Gasteiger partial charge in [0.2, 0.25) is 0 Å². The largest absolute Gasteiger partial charge is 0.496 e. The second-order valence-electron chi connectivity index (χ2n) is 2.02. The molecule has 0 saturated heterocycles. The number of rotatable bonds is 1. The summed E-state index contributed by atoms with van der Waals surface area (Å²) in [5.41, 5.74) is 0. The number of nitriles is 2. The smallest absolute Gasteiger partial charge is 0.170 e. The van der Waals surface area contributed by atoms with Crippen LogP contribution >= 0.6 is 0 Å². The van der Waals surface area contributed by atoms with E-state index in [9.17, 15) is 0 Å². The Kier molecular flexibility index (Phi) is 1.92. The van der Waals surface area contributed by atoms with E-state index >= 15 is 0 Å². The van der Waals surface area contributed by atoms with E-state index in [-0.39, 0.29) is 6.10 Å². The summed E-state index contributed by atoms with van der Waals surface area (Å²) in [4.78, 5) is 0. The molecule has 0 aromatic heterocycles. The zero-order valence-corrected chi connectivity index (χ0v) is 5.32. The van der Waals surface area contributed by atoms with Gasteiger partial charge in [-0.25, -0.2) is 0 Å². The number of ether oxygens (including phenoxy) is 1. The molecule has 0 amide bonds. The standard InChI is InChI=1S/C7H6N2O/c8-4-6(5-9)7-2-1-3-10-7/h1,3,6-7H,2H2. The molecule has 0 fully saturated rings. The van der Waals surface area contributed by atoms with Crippen molar-refractivity contribution < 1.29 is 4.74 Å². The van der Waals surface area contributed by atoms with Crippen molar-refractivity contribution in [2.24, 2.45) is 5.92 Å². The normalized spacial score (nSPS) is 21.7. The molecule has 0 spiro atoms. The molecule has 1 aliphatic heterocycles. The van der Waals surface area contributed by atoms with Gasteiger partial charge in [0.25, 0.3) is 0 Å². The number of hydrogen-bond acceptors (Lipinski definition) is 3. The third kappa shape index (κ3) is 1.09. The Bertz CT molecular complexity index is 199. The Morgan fingerprint density at radius 3 is 2.60 bits per heavy atom. The first-order valence-electron chi connectivity index (χ1n) is 2.98. The first kappa shape index (κ1) is 6.64. The molecule has 0 aromatic carbocycles. The van der Waals surface area contributed by atoms with Gasteiger partial charge in [-0.1, -0.05) is 0 Å². The molecule has 1 rings (SSSR count). The Hall–Kier alpha value is -1.48. The Morgan fingerprint density at radius 1 is 1.50 bits per heavy atom. The van der Waals surface area contributed by atoms with Gasteiger partial charge < -0.3 is 4.74 Å². The van der Waals surface area contributed by atoms with Crippen molar-refractivity contribution in [2.75, 3.05) is 0 Å². The molecule has 0 radical (unpaired) electrons. The van der Waals surface area contributed by atoms with Gasteiger partial charge in [-0.05, 0) is 6.08 Å². The van der Waals surface area contributed by atoms with Crippen LogP contribution in [0.2, 0.25) is 0 Å². The molecule has 3 nitrogen and oxygen atoms in total. The molecule has 0 saturated carbocycles. The first-order valence-corrected chi connectivity index (χ1v) is 2.98. The van der Waals surface area contributed by atoms with Crippen LogP contribution in [0.15, 0.2) is 12.3 Å². The van der Waals surface area contributed by atoms with Crippen LogP contribution in [0, 0.1) is 28.6 Å². The highest BCUT2D eigenvalue weighted by Gasteiger charge is 2.22. The second kappa shape index (κ2) is 2.89. The third-order valence-corrected chi connectivity index (χ3v) is 1.37. The Balaban J connectivity index is 2.51. The van der Waals surface area contributed by atoms with E-state index in [4.69, 9.17) is 15.3 Å². The minimum absolute atomic E-state index is 0.241. The predicted molar refractivity (Wildman–Crippen MR) is 33.3 cm³/mol. The van der Waals surface area contributed by atoms with Gasteiger partial charge >= 0.3 is 0 Å². The van der Waals surface area contributed by atoms with Gasteiger partial charge in [0.05, 0.1) is 18.4 Å². The van der Waals surface area contributed by atoms with Crippen LogP contribution in [-0.4, -0.2) is 6.10 Å². The Labute approximate surface area is 59.1 Å². The highest BCUT2D eigenvalue weighted by atomic mass is 16.5. The molecule has 1 heterocycles. The lowest BCUT2D eigenvalue weighted by molar-refractivity contribution is 0.151. The van der Waals surface area contributed by atoms with Crippen LogP contribution in [0.3, 0.4) is 0 Å². The van der Waals surface area contributed by atoms with Crippen LogP contribution < -0.4 is 0 Å².